The van der Waals surface area contributed by atoms with E-state index in [4.69, 9.17) is 0 Å². The minimum atomic E-state index is -0.448. The molecule has 1 rings (SSSR count). The first-order valence-electron chi connectivity index (χ1n) is 5.50. The summed E-state index contributed by atoms with van der Waals surface area (Å²) in [6.45, 7) is 11.6. The maximum Gasteiger partial charge on any atom is 0.246 e. The number of hydrogen-bond acceptors (Lipinski definition) is 2. The Balaban J connectivity index is 2.97. The van der Waals surface area contributed by atoms with E-state index in [2.05, 4.69) is 11.9 Å². The highest BCUT2D eigenvalue weighted by atomic mass is 16.2. The third kappa shape index (κ3) is 2.26. The zero-order valence-electron chi connectivity index (χ0n) is 10.4. The van der Waals surface area contributed by atoms with Gasteiger partial charge in [-0.15, -0.1) is 6.58 Å². The molecule has 2 atom stereocenters. The molecule has 0 aliphatic carbocycles. The van der Waals surface area contributed by atoms with Gasteiger partial charge in [0.2, 0.25) is 11.8 Å². The van der Waals surface area contributed by atoms with Crippen LogP contribution in [-0.4, -0.2) is 35.3 Å². The molecule has 2 unspecified atom stereocenters. The van der Waals surface area contributed by atoms with Gasteiger partial charge in [-0.25, -0.2) is 0 Å². The Labute approximate surface area is 96.7 Å². The molecular formula is C12H20N2O2. The summed E-state index contributed by atoms with van der Waals surface area (Å²) < 4.78 is 0. The highest BCUT2D eigenvalue weighted by Gasteiger charge is 2.42. The van der Waals surface area contributed by atoms with Gasteiger partial charge in [-0.2, -0.15) is 0 Å². The van der Waals surface area contributed by atoms with Gasteiger partial charge in [0.05, 0.1) is 0 Å². The Kier molecular flexibility index (Phi) is 3.41. The van der Waals surface area contributed by atoms with Crippen molar-refractivity contribution in [2.24, 2.45) is 5.41 Å². The van der Waals surface area contributed by atoms with Crippen molar-refractivity contribution >= 4 is 11.8 Å². The van der Waals surface area contributed by atoms with Crippen LogP contribution in [-0.2, 0) is 9.59 Å². The van der Waals surface area contributed by atoms with Gasteiger partial charge in [0.1, 0.15) is 12.1 Å². The van der Waals surface area contributed by atoms with Gasteiger partial charge in [-0.3, -0.25) is 9.59 Å². The molecule has 1 fully saturated rings. The quantitative estimate of drug-likeness (QED) is 0.709. The Hall–Kier alpha value is -1.32. The van der Waals surface area contributed by atoms with Crippen molar-refractivity contribution < 1.29 is 9.59 Å². The zero-order valence-corrected chi connectivity index (χ0v) is 10.4. The van der Waals surface area contributed by atoms with E-state index < -0.39 is 12.1 Å². The lowest BCUT2D eigenvalue weighted by Gasteiger charge is -2.41. The maximum absolute atomic E-state index is 12.2. The van der Waals surface area contributed by atoms with Crippen LogP contribution in [0.2, 0.25) is 0 Å². The second kappa shape index (κ2) is 4.28. The van der Waals surface area contributed by atoms with Crippen LogP contribution in [0.3, 0.4) is 0 Å². The van der Waals surface area contributed by atoms with Crippen LogP contribution in [0.1, 0.15) is 27.7 Å². The summed E-state index contributed by atoms with van der Waals surface area (Å²) in [6.07, 6.45) is 1.65. The van der Waals surface area contributed by atoms with Crippen molar-refractivity contribution in [3.8, 4) is 0 Å². The first kappa shape index (κ1) is 12.7. The molecule has 1 aliphatic heterocycles. The molecule has 0 spiro atoms. The van der Waals surface area contributed by atoms with Gasteiger partial charge in [-0.05, 0) is 12.3 Å². The Morgan fingerprint density at radius 2 is 2.00 bits per heavy atom. The van der Waals surface area contributed by atoms with Crippen LogP contribution in [0.15, 0.2) is 12.7 Å². The molecule has 4 nitrogen and oxygen atoms in total. The van der Waals surface area contributed by atoms with Gasteiger partial charge in [-0.1, -0.05) is 26.8 Å². The van der Waals surface area contributed by atoms with Crippen LogP contribution in [0.5, 0.6) is 0 Å². The summed E-state index contributed by atoms with van der Waals surface area (Å²) in [6, 6.07) is -0.861. The van der Waals surface area contributed by atoms with Crippen molar-refractivity contribution in [2.45, 2.75) is 39.8 Å². The molecule has 0 saturated carbocycles. The first-order chi connectivity index (χ1) is 7.29. The Morgan fingerprint density at radius 1 is 1.44 bits per heavy atom. The fourth-order valence-electron chi connectivity index (χ4n) is 1.80. The zero-order chi connectivity index (χ0) is 12.5. The molecule has 0 radical (unpaired) electrons. The van der Waals surface area contributed by atoms with Crippen LogP contribution in [0.4, 0.5) is 0 Å². The second-order valence-electron chi connectivity index (χ2n) is 5.26. The average Bonchev–Trinajstić information content (AvgIpc) is 2.16. The molecule has 1 aliphatic rings. The van der Waals surface area contributed by atoms with Crippen molar-refractivity contribution in [1.29, 1.82) is 0 Å². The van der Waals surface area contributed by atoms with Crippen molar-refractivity contribution in [3.05, 3.63) is 12.7 Å². The summed E-state index contributed by atoms with van der Waals surface area (Å²) in [5, 5.41) is 2.78. The predicted molar refractivity (Wildman–Crippen MR) is 62.8 cm³/mol. The Bertz CT molecular complexity index is 317. The summed E-state index contributed by atoms with van der Waals surface area (Å²) in [7, 11) is 0. The van der Waals surface area contributed by atoms with E-state index in [1.165, 1.54) is 0 Å². The molecular weight excluding hydrogens is 204 g/mol. The molecule has 4 heteroatoms. The number of hydrogen-bond donors (Lipinski definition) is 1. The fourth-order valence-corrected chi connectivity index (χ4v) is 1.80. The highest BCUT2D eigenvalue weighted by molar-refractivity contribution is 5.97. The van der Waals surface area contributed by atoms with Crippen molar-refractivity contribution in [3.63, 3.8) is 0 Å². The molecule has 0 aromatic carbocycles. The molecule has 90 valence electrons. The smallest absolute Gasteiger partial charge is 0.246 e. The number of piperazine rings is 1. The summed E-state index contributed by atoms with van der Waals surface area (Å²) >= 11 is 0. The number of nitrogens with zero attached hydrogens (tertiary/aromatic N) is 1. The van der Waals surface area contributed by atoms with E-state index in [1.807, 2.05) is 20.8 Å². The fraction of sp³-hybridized carbons (Fsp3) is 0.667. The topological polar surface area (TPSA) is 49.4 Å². The minimum absolute atomic E-state index is 0.0282. The van der Waals surface area contributed by atoms with E-state index in [9.17, 15) is 9.59 Å². The van der Waals surface area contributed by atoms with Crippen molar-refractivity contribution in [2.75, 3.05) is 6.54 Å². The highest BCUT2D eigenvalue weighted by Crippen LogP contribution is 2.24. The second-order valence-corrected chi connectivity index (χ2v) is 5.26. The van der Waals surface area contributed by atoms with E-state index >= 15 is 0 Å². The number of rotatable bonds is 2. The van der Waals surface area contributed by atoms with Crippen LogP contribution in [0, 0.1) is 5.41 Å². The number of amides is 2. The molecule has 1 N–H and O–H groups in total. The van der Waals surface area contributed by atoms with Gasteiger partial charge in [0.25, 0.3) is 0 Å². The first-order valence-corrected chi connectivity index (χ1v) is 5.50. The van der Waals surface area contributed by atoms with Gasteiger partial charge < -0.3 is 10.2 Å². The number of carbonyl (C=O) groups excluding carboxylic acids is 2. The van der Waals surface area contributed by atoms with E-state index in [-0.39, 0.29) is 17.2 Å². The average molecular weight is 224 g/mol. The Morgan fingerprint density at radius 3 is 2.44 bits per heavy atom. The molecule has 1 heterocycles. The van der Waals surface area contributed by atoms with Gasteiger partial charge >= 0.3 is 0 Å². The monoisotopic (exact) mass is 224 g/mol. The van der Waals surface area contributed by atoms with E-state index in [0.29, 0.717) is 6.54 Å². The lowest BCUT2D eigenvalue weighted by atomic mass is 9.84. The van der Waals surface area contributed by atoms with Gasteiger partial charge in [0.15, 0.2) is 0 Å². The lowest BCUT2D eigenvalue weighted by molar-refractivity contribution is -0.151. The predicted octanol–water partition coefficient (Wildman–Crippen LogP) is 0.934. The summed E-state index contributed by atoms with van der Waals surface area (Å²) in [4.78, 5) is 25.5. The van der Waals surface area contributed by atoms with Crippen molar-refractivity contribution in [1.82, 2.24) is 10.2 Å². The van der Waals surface area contributed by atoms with Gasteiger partial charge in [0, 0.05) is 6.54 Å². The lowest BCUT2D eigenvalue weighted by Crippen LogP contribution is -2.65. The van der Waals surface area contributed by atoms with Crippen LogP contribution >= 0.6 is 0 Å². The standard InChI is InChI=1S/C12H20N2O2/c1-6-7-14-8(2)10(15)13-9(11(14)16)12(3,4)5/h6,8-9H,1,7H2,2-5H3,(H,13,15). The van der Waals surface area contributed by atoms with Crippen LogP contribution < -0.4 is 5.32 Å². The van der Waals surface area contributed by atoms with Crippen LogP contribution in [0.25, 0.3) is 0 Å². The molecule has 0 aromatic heterocycles. The molecule has 2 amide bonds. The largest absolute Gasteiger partial charge is 0.342 e. The molecule has 0 bridgehead atoms. The van der Waals surface area contributed by atoms with E-state index in [0.717, 1.165) is 0 Å². The molecule has 1 saturated heterocycles. The summed E-state index contributed by atoms with van der Waals surface area (Å²) in [5.41, 5.74) is -0.272. The third-order valence-electron chi connectivity index (χ3n) is 2.86. The number of carbonyl (C=O) groups is 2. The SMILES string of the molecule is C=CCN1C(=O)C(C(C)(C)C)NC(=O)C1C. The third-order valence-corrected chi connectivity index (χ3v) is 2.86. The maximum atomic E-state index is 12.2. The van der Waals surface area contributed by atoms with E-state index in [1.54, 1.807) is 17.9 Å². The number of nitrogens with one attached hydrogen (secondary N) is 1. The molecule has 16 heavy (non-hydrogen) atoms. The normalized spacial score (nSPS) is 26.6. The summed E-state index contributed by atoms with van der Waals surface area (Å²) in [5.74, 6) is -0.124. The minimum Gasteiger partial charge on any atom is -0.342 e. The molecule has 0 aromatic rings.